The van der Waals surface area contributed by atoms with Gasteiger partial charge in [0.1, 0.15) is 13.2 Å². The second-order valence-corrected chi connectivity index (χ2v) is 19.9. The van der Waals surface area contributed by atoms with Crippen LogP contribution in [0.3, 0.4) is 0 Å². The van der Waals surface area contributed by atoms with Crippen LogP contribution in [-0.2, 0) is 28.6 Å². The number of ether oxygens (including phenoxy) is 3. The number of esters is 3. The lowest BCUT2D eigenvalue weighted by Crippen LogP contribution is -2.30. The summed E-state index contributed by atoms with van der Waals surface area (Å²) in [6.07, 6.45) is 74.6. The minimum Gasteiger partial charge on any atom is -0.462 e. The predicted molar refractivity (Wildman–Crippen MR) is 302 cm³/mol. The monoisotopic (exact) mass is 977 g/mol. The molecule has 0 rings (SSSR count). The Balaban J connectivity index is 4.36. The molecule has 0 aliphatic carbocycles. The largest absolute Gasteiger partial charge is 0.462 e. The molecule has 0 saturated heterocycles. The van der Waals surface area contributed by atoms with Gasteiger partial charge in [0.05, 0.1) is 0 Å². The number of allylic oxidation sites excluding steroid dienone is 12. The van der Waals surface area contributed by atoms with Gasteiger partial charge in [0.25, 0.3) is 0 Å². The molecule has 1 unspecified atom stereocenters. The summed E-state index contributed by atoms with van der Waals surface area (Å²) in [5.41, 5.74) is 0. The van der Waals surface area contributed by atoms with Gasteiger partial charge < -0.3 is 14.2 Å². The summed E-state index contributed by atoms with van der Waals surface area (Å²) in [7, 11) is 0. The van der Waals surface area contributed by atoms with E-state index in [-0.39, 0.29) is 31.1 Å². The Bertz CT molecular complexity index is 1310. The summed E-state index contributed by atoms with van der Waals surface area (Å²) in [6.45, 7) is 6.44. The smallest absolute Gasteiger partial charge is 0.306 e. The fraction of sp³-hybridized carbons (Fsp3) is 0.766. The van der Waals surface area contributed by atoms with Gasteiger partial charge in [-0.1, -0.05) is 267 Å². The Morgan fingerprint density at radius 1 is 0.300 bits per heavy atom. The van der Waals surface area contributed by atoms with Crippen LogP contribution in [0.1, 0.15) is 297 Å². The highest BCUT2D eigenvalue weighted by atomic mass is 16.6. The molecule has 0 spiro atoms. The van der Waals surface area contributed by atoms with Gasteiger partial charge in [-0.2, -0.15) is 0 Å². The highest BCUT2D eigenvalue weighted by Crippen LogP contribution is 2.16. The molecule has 0 aromatic rings. The molecule has 0 bridgehead atoms. The number of rotatable bonds is 54. The molecule has 0 heterocycles. The van der Waals surface area contributed by atoms with Crippen molar-refractivity contribution in [2.45, 2.75) is 303 Å². The number of unbranched alkanes of at least 4 members (excludes halogenated alkanes) is 31. The van der Waals surface area contributed by atoms with E-state index in [0.29, 0.717) is 19.3 Å². The van der Waals surface area contributed by atoms with Gasteiger partial charge in [-0.25, -0.2) is 0 Å². The first-order valence-electron chi connectivity index (χ1n) is 29.9. The normalized spacial score (nSPS) is 12.6. The Hall–Kier alpha value is -3.15. The zero-order valence-corrected chi connectivity index (χ0v) is 46.3. The van der Waals surface area contributed by atoms with E-state index in [1.165, 1.54) is 161 Å². The van der Waals surface area contributed by atoms with Crippen LogP contribution in [0.25, 0.3) is 0 Å². The molecule has 404 valence electrons. The maximum atomic E-state index is 12.9. The third-order valence-electron chi connectivity index (χ3n) is 13.0. The van der Waals surface area contributed by atoms with Crippen molar-refractivity contribution >= 4 is 17.9 Å². The fourth-order valence-corrected chi connectivity index (χ4v) is 8.53. The Morgan fingerprint density at radius 3 is 0.871 bits per heavy atom. The molecule has 6 nitrogen and oxygen atoms in total. The van der Waals surface area contributed by atoms with E-state index in [1.807, 2.05) is 0 Å². The molecule has 0 aliphatic heterocycles. The highest BCUT2D eigenvalue weighted by molar-refractivity contribution is 5.71. The van der Waals surface area contributed by atoms with Crippen molar-refractivity contribution in [2.24, 2.45) is 0 Å². The molecular formula is C64H112O6. The topological polar surface area (TPSA) is 78.9 Å². The summed E-state index contributed by atoms with van der Waals surface area (Å²) in [5, 5.41) is 0. The highest BCUT2D eigenvalue weighted by Gasteiger charge is 2.19. The van der Waals surface area contributed by atoms with Gasteiger partial charge in [-0.05, 0) is 83.5 Å². The van der Waals surface area contributed by atoms with Gasteiger partial charge in [-0.15, -0.1) is 0 Å². The molecule has 6 heteroatoms. The van der Waals surface area contributed by atoms with Gasteiger partial charge in [0.15, 0.2) is 6.10 Å². The molecule has 0 radical (unpaired) electrons. The van der Waals surface area contributed by atoms with Crippen LogP contribution in [-0.4, -0.2) is 37.2 Å². The van der Waals surface area contributed by atoms with Crippen LogP contribution in [0.4, 0.5) is 0 Å². The van der Waals surface area contributed by atoms with Crippen LogP contribution in [0.2, 0.25) is 0 Å². The molecule has 0 fully saturated rings. The standard InChI is InChI=1S/C64H112O6/c1-4-7-10-13-16-19-22-25-28-30-32-34-36-39-42-45-48-51-54-57-63(66)69-60-61(59-68-62(65)56-53-50-47-44-41-38-27-24-21-18-15-12-9-6-3)70-64(67)58-55-52-49-46-43-40-37-35-33-31-29-26-23-20-17-14-11-8-5-2/h7-8,10-11,16-17,19-20,25-26,28-29,61H,4-6,9,12-15,18,21-24,27,30-60H2,1-3H3/b10-7-,11-8-,19-16-,20-17-,28-25-,29-26-. The van der Waals surface area contributed by atoms with Crippen molar-refractivity contribution in [3.8, 4) is 0 Å². The van der Waals surface area contributed by atoms with Crippen molar-refractivity contribution in [3.05, 3.63) is 72.9 Å². The van der Waals surface area contributed by atoms with Gasteiger partial charge in [0, 0.05) is 19.3 Å². The number of hydrogen-bond donors (Lipinski definition) is 0. The summed E-state index contributed by atoms with van der Waals surface area (Å²) < 4.78 is 16.9. The molecule has 0 aliphatic rings. The van der Waals surface area contributed by atoms with Crippen LogP contribution >= 0.6 is 0 Å². The molecule has 0 saturated carbocycles. The molecular weight excluding hydrogens is 865 g/mol. The minimum atomic E-state index is -0.779. The third-order valence-corrected chi connectivity index (χ3v) is 13.0. The van der Waals surface area contributed by atoms with Crippen molar-refractivity contribution in [1.82, 2.24) is 0 Å². The van der Waals surface area contributed by atoms with E-state index in [2.05, 4.69) is 93.7 Å². The van der Waals surface area contributed by atoms with Crippen molar-refractivity contribution in [2.75, 3.05) is 13.2 Å². The van der Waals surface area contributed by atoms with Crippen LogP contribution in [0.15, 0.2) is 72.9 Å². The second-order valence-electron chi connectivity index (χ2n) is 19.9. The summed E-state index contributed by atoms with van der Waals surface area (Å²) in [5.74, 6) is -0.875. The summed E-state index contributed by atoms with van der Waals surface area (Å²) >= 11 is 0. The van der Waals surface area contributed by atoms with Crippen molar-refractivity contribution in [3.63, 3.8) is 0 Å². The Kier molecular flexibility index (Phi) is 55.8. The lowest BCUT2D eigenvalue weighted by Gasteiger charge is -2.18. The molecule has 0 N–H and O–H groups in total. The van der Waals surface area contributed by atoms with Crippen molar-refractivity contribution < 1.29 is 28.6 Å². The summed E-state index contributed by atoms with van der Waals surface area (Å²) in [6, 6.07) is 0. The van der Waals surface area contributed by atoms with E-state index in [4.69, 9.17) is 14.2 Å². The van der Waals surface area contributed by atoms with Gasteiger partial charge in [-0.3, -0.25) is 14.4 Å². The van der Waals surface area contributed by atoms with E-state index >= 15 is 0 Å². The maximum absolute atomic E-state index is 12.9. The molecule has 70 heavy (non-hydrogen) atoms. The van der Waals surface area contributed by atoms with Gasteiger partial charge in [0.2, 0.25) is 0 Å². The average molecular weight is 978 g/mol. The lowest BCUT2D eigenvalue weighted by atomic mass is 10.0. The maximum Gasteiger partial charge on any atom is 0.306 e. The van der Waals surface area contributed by atoms with Crippen LogP contribution in [0.5, 0.6) is 0 Å². The van der Waals surface area contributed by atoms with E-state index in [1.54, 1.807) is 0 Å². The fourth-order valence-electron chi connectivity index (χ4n) is 8.53. The molecule has 0 aromatic carbocycles. The first kappa shape index (κ1) is 66.9. The van der Waals surface area contributed by atoms with Gasteiger partial charge >= 0.3 is 17.9 Å². The Labute approximate surface area is 433 Å². The van der Waals surface area contributed by atoms with E-state index in [0.717, 1.165) is 96.3 Å². The molecule has 0 amide bonds. The minimum absolute atomic E-state index is 0.0764. The first-order chi connectivity index (χ1) is 34.5. The van der Waals surface area contributed by atoms with Crippen molar-refractivity contribution in [1.29, 1.82) is 0 Å². The zero-order valence-electron chi connectivity index (χ0n) is 46.3. The molecule has 1 atom stereocenters. The SMILES string of the molecule is CC/C=C\C/C=C\C/C=C\CCCCCCCCCCCC(=O)OCC(COC(=O)CCCCCCCCCCCCCCCC)OC(=O)CCCCCCCCCCC/C=C\C/C=C\C/C=C\CC. The van der Waals surface area contributed by atoms with E-state index in [9.17, 15) is 14.4 Å². The van der Waals surface area contributed by atoms with Crippen LogP contribution in [0, 0.1) is 0 Å². The van der Waals surface area contributed by atoms with Crippen LogP contribution < -0.4 is 0 Å². The lowest BCUT2D eigenvalue weighted by molar-refractivity contribution is -0.167. The summed E-state index contributed by atoms with van der Waals surface area (Å²) in [4.78, 5) is 38.2. The number of carbonyl (C=O) groups is 3. The second kappa shape index (κ2) is 58.4. The third kappa shape index (κ3) is 55.8. The average Bonchev–Trinajstić information content (AvgIpc) is 3.36. The predicted octanol–water partition coefficient (Wildman–Crippen LogP) is 20.2. The zero-order chi connectivity index (χ0) is 50.7. The molecule has 0 aromatic heterocycles. The first-order valence-corrected chi connectivity index (χ1v) is 29.9. The quantitative estimate of drug-likeness (QED) is 0.0261. The van der Waals surface area contributed by atoms with E-state index < -0.39 is 6.10 Å². The number of hydrogen-bond acceptors (Lipinski definition) is 6. The number of carbonyl (C=O) groups excluding carboxylic acids is 3. The Morgan fingerprint density at radius 2 is 0.557 bits per heavy atom.